The number of aliphatic carboxylic acids is 1. The molecule has 0 saturated carbocycles. The van der Waals surface area contributed by atoms with E-state index in [9.17, 15) is 4.79 Å². The summed E-state index contributed by atoms with van der Waals surface area (Å²) in [5.74, 6) is 0.0259. The number of rotatable bonds is 5. The molecule has 0 aliphatic rings. The summed E-state index contributed by atoms with van der Waals surface area (Å²) >= 11 is 0. The van der Waals surface area contributed by atoms with E-state index in [1.54, 1.807) is 18.2 Å². The zero-order valence-corrected chi connectivity index (χ0v) is 9.77. The molecule has 0 saturated heterocycles. The predicted molar refractivity (Wildman–Crippen MR) is 65.4 cm³/mol. The Morgan fingerprint density at radius 2 is 1.94 bits per heavy atom. The van der Waals surface area contributed by atoms with Gasteiger partial charge in [-0.2, -0.15) is 0 Å². The van der Waals surface area contributed by atoms with Gasteiger partial charge in [0.1, 0.15) is 0 Å². The van der Waals surface area contributed by atoms with Crippen LogP contribution >= 0.6 is 0 Å². The third kappa shape index (κ3) is 2.87. The average Bonchev–Trinajstić information content (AvgIpc) is 2.34. The third-order valence-electron chi connectivity index (χ3n) is 2.21. The van der Waals surface area contributed by atoms with E-state index in [1.165, 1.54) is 26.4 Å². The fraction of sp³-hybridized carbons (Fsp3) is 0.154. The lowest BCUT2D eigenvalue weighted by Crippen LogP contribution is -2.00. The van der Waals surface area contributed by atoms with Gasteiger partial charge in [0.05, 0.1) is 19.8 Å². The molecule has 1 N–H and O–H groups in total. The zero-order chi connectivity index (χ0) is 12.8. The minimum Gasteiger partial charge on any atom is -0.493 e. The van der Waals surface area contributed by atoms with Crippen LogP contribution in [-0.4, -0.2) is 25.3 Å². The van der Waals surface area contributed by atoms with Gasteiger partial charge in [-0.1, -0.05) is 18.7 Å². The summed E-state index contributed by atoms with van der Waals surface area (Å²) in [4.78, 5) is 11.1. The van der Waals surface area contributed by atoms with Gasteiger partial charge < -0.3 is 14.6 Å². The Balaban J connectivity index is 3.27. The van der Waals surface area contributed by atoms with E-state index < -0.39 is 5.97 Å². The zero-order valence-electron chi connectivity index (χ0n) is 9.77. The van der Waals surface area contributed by atoms with E-state index in [4.69, 9.17) is 14.6 Å². The van der Waals surface area contributed by atoms with Crippen molar-refractivity contribution in [1.82, 2.24) is 0 Å². The molecule has 90 valence electrons. The average molecular weight is 234 g/mol. The Labute approximate surface area is 99.8 Å². The summed E-state index contributed by atoms with van der Waals surface area (Å²) in [7, 11) is 3.02. The summed E-state index contributed by atoms with van der Waals surface area (Å²) in [5.41, 5.74) is 0.691. The van der Waals surface area contributed by atoms with Crippen molar-refractivity contribution >= 4 is 11.5 Å². The van der Waals surface area contributed by atoms with Gasteiger partial charge in [0, 0.05) is 0 Å². The van der Waals surface area contributed by atoms with Crippen LogP contribution in [-0.2, 0) is 4.79 Å². The SMILES string of the molecule is C=C/C=C(/C(=O)O)c1ccc(OC)c(OC)c1. The molecule has 0 spiro atoms. The van der Waals surface area contributed by atoms with E-state index in [0.717, 1.165) is 0 Å². The molecular weight excluding hydrogens is 220 g/mol. The van der Waals surface area contributed by atoms with E-state index in [0.29, 0.717) is 17.1 Å². The van der Waals surface area contributed by atoms with Crippen molar-refractivity contribution < 1.29 is 19.4 Å². The largest absolute Gasteiger partial charge is 0.493 e. The maximum atomic E-state index is 11.1. The Hall–Kier alpha value is -2.23. The van der Waals surface area contributed by atoms with Crippen molar-refractivity contribution in [3.63, 3.8) is 0 Å². The number of hydrogen-bond acceptors (Lipinski definition) is 3. The molecule has 0 aromatic heterocycles. The van der Waals surface area contributed by atoms with Crippen molar-refractivity contribution in [2.75, 3.05) is 14.2 Å². The molecule has 0 heterocycles. The summed E-state index contributed by atoms with van der Waals surface area (Å²) in [6, 6.07) is 4.93. The van der Waals surface area contributed by atoms with E-state index >= 15 is 0 Å². The van der Waals surface area contributed by atoms with Crippen LogP contribution in [0.4, 0.5) is 0 Å². The number of hydrogen-bond donors (Lipinski definition) is 1. The molecule has 0 radical (unpaired) electrons. The van der Waals surface area contributed by atoms with Crippen LogP contribution in [0.1, 0.15) is 5.56 Å². The number of allylic oxidation sites excluding steroid dienone is 2. The number of benzene rings is 1. The minimum atomic E-state index is -1.02. The second-order valence-corrected chi connectivity index (χ2v) is 3.19. The topological polar surface area (TPSA) is 55.8 Å². The molecular formula is C13H14O4. The first-order valence-electron chi connectivity index (χ1n) is 4.92. The first kappa shape index (κ1) is 12.8. The van der Waals surface area contributed by atoms with Gasteiger partial charge in [-0.15, -0.1) is 0 Å². The lowest BCUT2D eigenvalue weighted by molar-refractivity contribution is -0.130. The van der Waals surface area contributed by atoms with Crippen LogP contribution in [0.3, 0.4) is 0 Å². The molecule has 0 unspecified atom stereocenters. The van der Waals surface area contributed by atoms with Gasteiger partial charge in [0.25, 0.3) is 0 Å². The maximum Gasteiger partial charge on any atom is 0.336 e. The molecule has 0 aliphatic carbocycles. The fourth-order valence-corrected chi connectivity index (χ4v) is 1.41. The molecule has 0 amide bonds. The summed E-state index contributed by atoms with van der Waals surface area (Å²) in [6.07, 6.45) is 2.86. The number of ether oxygens (including phenoxy) is 2. The standard InChI is InChI=1S/C13H14O4/c1-4-5-10(13(14)15)9-6-7-11(16-2)12(8-9)17-3/h4-8H,1H2,2-3H3,(H,14,15)/b10-5+. The predicted octanol–water partition coefficient (Wildman–Crippen LogP) is 2.36. The summed E-state index contributed by atoms with van der Waals surface area (Å²) < 4.78 is 10.2. The normalized spacial score (nSPS) is 10.8. The Kier molecular flexibility index (Phi) is 4.34. The van der Waals surface area contributed by atoms with Crippen molar-refractivity contribution in [3.05, 3.63) is 42.5 Å². The van der Waals surface area contributed by atoms with Crippen LogP contribution in [0.2, 0.25) is 0 Å². The second kappa shape index (κ2) is 5.75. The molecule has 1 aromatic carbocycles. The molecule has 4 heteroatoms. The number of carbonyl (C=O) groups is 1. The third-order valence-corrected chi connectivity index (χ3v) is 2.21. The van der Waals surface area contributed by atoms with Gasteiger partial charge in [-0.3, -0.25) is 0 Å². The Morgan fingerprint density at radius 3 is 2.41 bits per heavy atom. The molecule has 1 aromatic rings. The highest BCUT2D eigenvalue weighted by atomic mass is 16.5. The van der Waals surface area contributed by atoms with Crippen LogP contribution in [0.15, 0.2) is 36.9 Å². The van der Waals surface area contributed by atoms with Crippen LogP contribution in [0, 0.1) is 0 Å². The summed E-state index contributed by atoms with van der Waals surface area (Å²) in [6.45, 7) is 3.49. The Bertz CT molecular complexity index is 460. The lowest BCUT2D eigenvalue weighted by atomic mass is 10.0. The van der Waals surface area contributed by atoms with Crippen molar-refractivity contribution in [1.29, 1.82) is 0 Å². The second-order valence-electron chi connectivity index (χ2n) is 3.19. The molecule has 0 bridgehead atoms. The van der Waals surface area contributed by atoms with Gasteiger partial charge in [0.2, 0.25) is 0 Å². The smallest absolute Gasteiger partial charge is 0.336 e. The van der Waals surface area contributed by atoms with Gasteiger partial charge in [-0.25, -0.2) is 4.79 Å². The molecule has 17 heavy (non-hydrogen) atoms. The quantitative estimate of drug-likeness (QED) is 0.627. The Morgan fingerprint density at radius 1 is 1.29 bits per heavy atom. The maximum absolute atomic E-state index is 11.1. The number of carboxylic acids is 1. The molecule has 4 nitrogen and oxygen atoms in total. The molecule has 1 rings (SSSR count). The minimum absolute atomic E-state index is 0.154. The molecule has 0 aliphatic heterocycles. The van der Waals surface area contributed by atoms with Crippen LogP contribution < -0.4 is 9.47 Å². The van der Waals surface area contributed by atoms with E-state index in [2.05, 4.69) is 6.58 Å². The van der Waals surface area contributed by atoms with Crippen molar-refractivity contribution in [3.8, 4) is 11.5 Å². The summed E-state index contributed by atoms with van der Waals surface area (Å²) in [5, 5.41) is 9.06. The highest BCUT2D eigenvalue weighted by Gasteiger charge is 2.12. The van der Waals surface area contributed by atoms with Crippen LogP contribution in [0.5, 0.6) is 11.5 Å². The van der Waals surface area contributed by atoms with Crippen molar-refractivity contribution in [2.24, 2.45) is 0 Å². The van der Waals surface area contributed by atoms with E-state index in [1.807, 2.05) is 0 Å². The first-order chi connectivity index (χ1) is 8.13. The number of methoxy groups -OCH3 is 2. The number of carboxylic acid groups (broad SMARTS) is 1. The molecule has 0 fully saturated rings. The van der Waals surface area contributed by atoms with Gasteiger partial charge >= 0.3 is 5.97 Å². The monoisotopic (exact) mass is 234 g/mol. The first-order valence-corrected chi connectivity index (χ1v) is 4.92. The lowest BCUT2D eigenvalue weighted by Gasteiger charge is -2.09. The fourth-order valence-electron chi connectivity index (χ4n) is 1.41. The highest BCUT2D eigenvalue weighted by molar-refractivity contribution is 6.15. The molecule has 0 atom stereocenters. The van der Waals surface area contributed by atoms with Gasteiger partial charge in [-0.05, 0) is 23.8 Å². The van der Waals surface area contributed by atoms with Crippen molar-refractivity contribution in [2.45, 2.75) is 0 Å². The van der Waals surface area contributed by atoms with E-state index in [-0.39, 0.29) is 5.57 Å². The highest BCUT2D eigenvalue weighted by Crippen LogP contribution is 2.30. The van der Waals surface area contributed by atoms with Gasteiger partial charge in [0.15, 0.2) is 11.5 Å². The van der Waals surface area contributed by atoms with Crippen LogP contribution in [0.25, 0.3) is 5.57 Å².